The third-order valence-electron chi connectivity index (χ3n) is 4.47. The predicted octanol–water partition coefficient (Wildman–Crippen LogP) is 3.16. The number of carbonyl (C=O) groups excluding carboxylic acids is 1. The SMILES string of the molecule is CCN(CC)C(=O)CN(Cc1ccccc1)CC1CCC1. The van der Waals surface area contributed by atoms with Gasteiger partial charge in [-0.05, 0) is 38.2 Å². The van der Waals surface area contributed by atoms with Crippen molar-refractivity contribution in [3.8, 4) is 0 Å². The van der Waals surface area contributed by atoms with Crippen molar-refractivity contribution < 1.29 is 4.79 Å². The zero-order valence-electron chi connectivity index (χ0n) is 13.4. The van der Waals surface area contributed by atoms with Gasteiger partial charge in [-0.1, -0.05) is 36.8 Å². The Hall–Kier alpha value is -1.35. The molecule has 0 aromatic heterocycles. The van der Waals surface area contributed by atoms with E-state index in [1.807, 2.05) is 11.0 Å². The molecular formula is C18H28N2O. The highest BCUT2D eigenvalue weighted by molar-refractivity contribution is 5.78. The molecule has 1 aliphatic carbocycles. The van der Waals surface area contributed by atoms with Gasteiger partial charge in [-0.15, -0.1) is 0 Å². The summed E-state index contributed by atoms with van der Waals surface area (Å²) in [5, 5.41) is 0. The fourth-order valence-corrected chi connectivity index (χ4v) is 2.93. The van der Waals surface area contributed by atoms with Crippen molar-refractivity contribution in [1.29, 1.82) is 0 Å². The molecule has 1 aromatic carbocycles. The van der Waals surface area contributed by atoms with Gasteiger partial charge < -0.3 is 4.90 Å². The van der Waals surface area contributed by atoms with Gasteiger partial charge in [0.15, 0.2) is 0 Å². The molecule has 3 heteroatoms. The first-order valence-electron chi connectivity index (χ1n) is 8.27. The van der Waals surface area contributed by atoms with Gasteiger partial charge in [0.05, 0.1) is 6.54 Å². The Balaban J connectivity index is 1.95. The van der Waals surface area contributed by atoms with Gasteiger partial charge in [0.2, 0.25) is 5.91 Å². The summed E-state index contributed by atoms with van der Waals surface area (Å²) in [6.07, 6.45) is 4.00. The van der Waals surface area contributed by atoms with Crippen LogP contribution in [0.2, 0.25) is 0 Å². The van der Waals surface area contributed by atoms with Gasteiger partial charge in [0.1, 0.15) is 0 Å². The average Bonchev–Trinajstić information content (AvgIpc) is 2.45. The summed E-state index contributed by atoms with van der Waals surface area (Å²) in [5.41, 5.74) is 1.30. The van der Waals surface area contributed by atoms with Crippen molar-refractivity contribution in [2.75, 3.05) is 26.2 Å². The molecule has 0 unspecified atom stereocenters. The Bertz CT molecular complexity index is 424. The third kappa shape index (κ3) is 4.85. The largest absolute Gasteiger partial charge is 0.342 e. The molecule has 3 nitrogen and oxygen atoms in total. The summed E-state index contributed by atoms with van der Waals surface area (Å²) in [7, 11) is 0. The minimum Gasteiger partial charge on any atom is -0.342 e. The Kier molecular flexibility index (Phi) is 6.24. The lowest BCUT2D eigenvalue weighted by Crippen LogP contribution is -2.42. The van der Waals surface area contributed by atoms with Crippen molar-refractivity contribution in [2.45, 2.75) is 39.7 Å². The van der Waals surface area contributed by atoms with Crippen LogP contribution in [0.1, 0.15) is 38.7 Å². The number of rotatable bonds is 8. The second-order valence-corrected chi connectivity index (χ2v) is 6.02. The summed E-state index contributed by atoms with van der Waals surface area (Å²) in [6, 6.07) is 10.5. The molecule has 116 valence electrons. The van der Waals surface area contributed by atoms with Gasteiger partial charge in [-0.2, -0.15) is 0 Å². The zero-order valence-corrected chi connectivity index (χ0v) is 13.4. The summed E-state index contributed by atoms with van der Waals surface area (Å²) in [5.74, 6) is 1.05. The van der Waals surface area contributed by atoms with Crippen LogP contribution in [-0.2, 0) is 11.3 Å². The highest BCUT2D eigenvalue weighted by Gasteiger charge is 2.23. The second-order valence-electron chi connectivity index (χ2n) is 6.02. The van der Waals surface area contributed by atoms with Crippen molar-refractivity contribution >= 4 is 5.91 Å². The van der Waals surface area contributed by atoms with Crippen LogP contribution in [0.4, 0.5) is 0 Å². The first kappa shape index (κ1) is 16.0. The van der Waals surface area contributed by atoms with Crippen LogP contribution >= 0.6 is 0 Å². The molecule has 1 fully saturated rings. The van der Waals surface area contributed by atoms with Crippen LogP contribution in [-0.4, -0.2) is 41.9 Å². The van der Waals surface area contributed by atoms with Crippen LogP contribution in [0.15, 0.2) is 30.3 Å². The van der Waals surface area contributed by atoms with Crippen molar-refractivity contribution in [3.63, 3.8) is 0 Å². The Morgan fingerprint density at radius 1 is 1.14 bits per heavy atom. The van der Waals surface area contributed by atoms with Gasteiger partial charge in [-0.3, -0.25) is 9.69 Å². The van der Waals surface area contributed by atoms with Gasteiger partial charge >= 0.3 is 0 Å². The maximum absolute atomic E-state index is 12.4. The Labute approximate surface area is 128 Å². The zero-order chi connectivity index (χ0) is 15.1. The van der Waals surface area contributed by atoms with Crippen LogP contribution in [0.25, 0.3) is 0 Å². The Morgan fingerprint density at radius 2 is 1.81 bits per heavy atom. The van der Waals surface area contributed by atoms with Crippen molar-refractivity contribution in [1.82, 2.24) is 9.80 Å². The molecule has 1 amide bonds. The van der Waals surface area contributed by atoms with Crippen molar-refractivity contribution in [2.24, 2.45) is 5.92 Å². The van der Waals surface area contributed by atoms with Crippen molar-refractivity contribution in [3.05, 3.63) is 35.9 Å². The minimum absolute atomic E-state index is 0.259. The minimum atomic E-state index is 0.259. The van der Waals surface area contributed by atoms with E-state index in [2.05, 4.69) is 43.0 Å². The van der Waals surface area contributed by atoms with Crippen LogP contribution in [0, 0.1) is 5.92 Å². The summed E-state index contributed by atoms with van der Waals surface area (Å²) in [4.78, 5) is 16.6. The highest BCUT2D eigenvalue weighted by atomic mass is 16.2. The number of carbonyl (C=O) groups is 1. The molecule has 21 heavy (non-hydrogen) atoms. The quantitative estimate of drug-likeness (QED) is 0.733. The number of likely N-dealkylation sites (N-methyl/N-ethyl adjacent to an activating group) is 1. The van der Waals surface area contributed by atoms with Gasteiger partial charge in [-0.25, -0.2) is 0 Å². The van der Waals surface area contributed by atoms with Crippen LogP contribution in [0.5, 0.6) is 0 Å². The standard InChI is InChI=1S/C18H28N2O/c1-3-20(4-2)18(21)15-19(14-17-11-8-12-17)13-16-9-6-5-7-10-16/h5-7,9-10,17H,3-4,8,11-15H2,1-2H3. The number of nitrogens with zero attached hydrogens (tertiary/aromatic N) is 2. The van der Waals surface area contributed by atoms with E-state index >= 15 is 0 Å². The molecule has 1 aliphatic rings. The van der Waals surface area contributed by atoms with Gasteiger partial charge in [0.25, 0.3) is 0 Å². The lowest BCUT2D eigenvalue weighted by atomic mass is 9.85. The highest BCUT2D eigenvalue weighted by Crippen LogP contribution is 2.27. The molecular weight excluding hydrogens is 260 g/mol. The second kappa shape index (κ2) is 8.18. The number of benzene rings is 1. The normalized spacial score (nSPS) is 15.0. The smallest absolute Gasteiger partial charge is 0.236 e. The molecule has 0 spiro atoms. The van der Waals surface area contributed by atoms with E-state index in [4.69, 9.17) is 0 Å². The lowest BCUT2D eigenvalue weighted by Gasteiger charge is -2.33. The maximum Gasteiger partial charge on any atom is 0.236 e. The van der Waals surface area contributed by atoms with E-state index in [1.165, 1.54) is 24.8 Å². The molecule has 0 N–H and O–H groups in total. The Morgan fingerprint density at radius 3 is 2.33 bits per heavy atom. The molecule has 1 saturated carbocycles. The molecule has 0 saturated heterocycles. The number of amides is 1. The maximum atomic E-state index is 12.4. The molecule has 2 rings (SSSR count). The topological polar surface area (TPSA) is 23.6 Å². The van der Waals surface area contributed by atoms with E-state index in [0.717, 1.165) is 32.1 Å². The third-order valence-corrected chi connectivity index (χ3v) is 4.47. The van der Waals surface area contributed by atoms with Crippen LogP contribution < -0.4 is 0 Å². The monoisotopic (exact) mass is 288 g/mol. The van der Waals surface area contributed by atoms with Crippen LogP contribution in [0.3, 0.4) is 0 Å². The van der Waals surface area contributed by atoms with E-state index in [9.17, 15) is 4.79 Å². The molecule has 0 atom stereocenters. The van der Waals surface area contributed by atoms with E-state index in [0.29, 0.717) is 6.54 Å². The predicted molar refractivity (Wildman–Crippen MR) is 87.0 cm³/mol. The van der Waals surface area contributed by atoms with Gasteiger partial charge in [0, 0.05) is 26.2 Å². The fourth-order valence-electron chi connectivity index (χ4n) is 2.93. The first-order valence-corrected chi connectivity index (χ1v) is 8.27. The van der Waals surface area contributed by atoms with E-state index in [1.54, 1.807) is 0 Å². The summed E-state index contributed by atoms with van der Waals surface area (Å²) in [6.45, 7) is 8.19. The average molecular weight is 288 g/mol. The van der Waals surface area contributed by atoms with E-state index < -0.39 is 0 Å². The fraction of sp³-hybridized carbons (Fsp3) is 0.611. The van der Waals surface area contributed by atoms with E-state index in [-0.39, 0.29) is 5.91 Å². The summed E-state index contributed by atoms with van der Waals surface area (Å²) < 4.78 is 0. The summed E-state index contributed by atoms with van der Waals surface area (Å²) >= 11 is 0. The molecule has 0 radical (unpaired) electrons. The number of hydrogen-bond acceptors (Lipinski definition) is 2. The lowest BCUT2D eigenvalue weighted by molar-refractivity contribution is -0.132. The molecule has 0 bridgehead atoms. The molecule has 0 heterocycles. The first-order chi connectivity index (χ1) is 10.2. The molecule has 1 aromatic rings. The number of hydrogen-bond donors (Lipinski definition) is 0. The molecule has 0 aliphatic heterocycles.